The highest BCUT2D eigenvalue weighted by atomic mass is 14.9. The van der Waals surface area contributed by atoms with E-state index in [1.165, 1.54) is 0 Å². The molecule has 0 saturated carbocycles. The first kappa shape index (κ1) is 8.88. The average Bonchev–Trinajstić information content (AvgIpc) is 2.23. The van der Waals surface area contributed by atoms with Gasteiger partial charge in [0, 0.05) is 5.69 Å². The summed E-state index contributed by atoms with van der Waals surface area (Å²) in [4.78, 5) is 0. The van der Waals surface area contributed by atoms with Gasteiger partial charge in [-0.2, -0.15) is 0 Å². The predicted octanol–water partition coefficient (Wildman–Crippen LogP) is 2.62. The summed E-state index contributed by atoms with van der Waals surface area (Å²) in [5, 5.41) is 3.30. The zero-order chi connectivity index (χ0) is 9.80. The van der Waals surface area contributed by atoms with Crippen LogP contribution in [-0.4, -0.2) is 0 Å². The van der Waals surface area contributed by atoms with Gasteiger partial charge in [0.05, 0.1) is 11.4 Å². The topological polar surface area (TPSA) is 38.0 Å². The summed E-state index contributed by atoms with van der Waals surface area (Å²) in [7, 11) is 0. The maximum atomic E-state index is 5.86. The Morgan fingerprint density at radius 1 is 1.00 bits per heavy atom. The summed E-state index contributed by atoms with van der Waals surface area (Å²) in [5.74, 6) is 0. The first-order valence-electron chi connectivity index (χ1n) is 4.84. The number of anilines is 1. The lowest BCUT2D eigenvalue weighted by molar-refractivity contribution is 0.984. The molecular formula is C12H14N2. The SMILES string of the molecule is NC1=CCCC=C1Nc1ccccc1. The van der Waals surface area contributed by atoms with E-state index in [0.29, 0.717) is 0 Å². The van der Waals surface area contributed by atoms with Crippen molar-refractivity contribution in [2.24, 2.45) is 5.73 Å². The minimum absolute atomic E-state index is 0.847. The summed E-state index contributed by atoms with van der Waals surface area (Å²) >= 11 is 0. The van der Waals surface area contributed by atoms with Crippen molar-refractivity contribution in [1.29, 1.82) is 0 Å². The zero-order valence-corrected chi connectivity index (χ0v) is 8.03. The molecule has 1 aliphatic rings. The number of allylic oxidation sites excluding steroid dienone is 2. The van der Waals surface area contributed by atoms with E-state index in [1.807, 2.05) is 30.3 Å². The molecule has 14 heavy (non-hydrogen) atoms. The minimum atomic E-state index is 0.847. The Balaban J connectivity index is 2.12. The zero-order valence-electron chi connectivity index (χ0n) is 8.03. The number of nitrogens with two attached hydrogens (primary N) is 1. The molecule has 0 fully saturated rings. The van der Waals surface area contributed by atoms with E-state index in [4.69, 9.17) is 5.73 Å². The van der Waals surface area contributed by atoms with Crippen LogP contribution < -0.4 is 11.1 Å². The van der Waals surface area contributed by atoms with E-state index in [9.17, 15) is 0 Å². The van der Waals surface area contributed by atoms with Crippen LogP contribution in [-0.2, 0) is 0 Å². The van der Waals surface area contributed by atoms with Crippen molar-refractivity contribution in [1.82, 2.24) is 0 Å². The standard InChI is InChI=1S/C12H14N2/c13-11-8-4-5-9-12(11)14-10-6-2-1-3-7-10/h1-3,6-9,14H,4-5,13H2. The number of hydrogen-bond acceptors (Lipinski definition) is 2. The Bertz CT molecular complexity index is 363. The molecule has 0 atom stereocenters. The second kappa shape index (κ2) is 4.01. The van der Waals surface area contributed by atoms with Gasteiger partial charge in [-0.3, -0.25) is 0 Å². The van der Waals surface area contributed by atoms with E-state index in [0.717, 1.165) is 29.9 Å². The summed E-state index contributed by atoms with van der Waals surface area (Å²) in [6.45, 7) is 0. The van der Waals surface area contributed by atoms with Crippen LogP contribution in [0.5, 0.6) is 0 Å². The van der Waals surface area contributed by atoms with Crippen LogP contribution in [0.15, 0.2) is 53.9 Å². The van der Waals surface area contributed by atoms with Crippen LogP contribution in [0.1, 0.15) is 12.8 Å². The van der Waals surface area contributed by atoms with Crippen LogP contribution in [0.2, 0.25) is 0 Å². The van der Waals surface area contributed by atoms with Crippen molar-refractivity contribution in [3.05, 3.63) is 53.9 Å². The van der Waals surface area contributed by atoms with Crippen LogP contribution in [0.25, 0.3) is 0 Å². The second-order valence-electron chi connectivity index (χ2n) is 3.35. The molecule has 0 aromatic heterocycles. The van der Waals surface area contributed by atoms with Crippen molar-refractivity contribution in [2.75, 3.05) is 5.32 Å². The minimum Gasteiger partial charge on any atom is -0.397 e. The fourth-order valence-electron chi connectivity index (χ4n) is 1.49. The van der Waals surface area contributed by atoms with Crippen LogP contribution in [0.3, 0.4) is 0 Å². The molecule has 3 N–H and O–H groups in total. The summed E-state index contributed by atoms with van der Waals surface area (Å²) < 4.78 is 0. The highest BCUT2D eigenvalue weighted by Gasteiger charge is 2.04. The molecule has 1 aliphatic carbocycles. The normalized spacial score (nSPS) is 15.7. The molecule has 2 heteroatoms. The van der Waals surface area contributed by atoms with Crippen molar-refractivity contribution < 1.29 is 0 Å². The second-order valence-corrected chi connectivity index (χ2v) is 3.35. The van der Waals surface area contributed by atoms with Gasteiger partial charge in [-0.25, -0.2) is 0 Å². The predicted molar refractivity (Wildman–Crippen MR) is 59.7 cm³/mol. The van der Waals surface area contributed by atoms with E-state index < -0.39 is 0 Å². The monoisotopic (exact) mass is 186 g/mol. The third-order valence-corrected chi connectivity index (χ3v) is 2.24. The number of benzene rings is 1. The van der Waals surface area contributed by atoms with Gasteiger partial charge in [0.25, 0.3) is 0 Å². The van der Waals surface area contributed by atoms with Crippen molar-refractivity contribution >= 4 is 5.69 Å². The highest BCUT2D eigenvalue weighted by Crippen LogP contribution is 2.17. The first-order chi connectivity index (χ1) is 6.86. The third-order valence-electron chi connectivity index (χ3n) is 2.24. The Kier molecular flexibility index (Phi) is 2.54. The fourth-order valence-corrected chi connectivity index (χ4v) is 1.49. The smallest absolute Gasteiger partial charge is 0.0574 e. The molecule has 0 amide bonds. The molecule has 0 aliphatic heterocycles. The fraction of sp³-hybridized carbons (Fsp3) is 0.167. The lowest BCUT2D eigenvalue weighted by Crippen LogP contribution is -2.11. The maximum Gasteiger partial charge on any atom is 0.0574 e. The van der Waals surface area contributed by atoms with E-state index >= 15 is 0 Å². The largest absolute Gasteiger partial charge is 0.397 e. The summed E-state index contributed by atoms with van der Waals surface area (Å²) in [5.41, 5.74) is 8.82. The van der Waals surface area contributed by atoms with Gasteiger partial charge in [0.1, 0.15) is 0 Å². The number of para-hydroxylation sites is 1. The quantitative estimate of drug-likeness (QED) is 0.745. The molecular weight excluding hydrogens is 172 g/mol. The lowest BCUT2D eigenvalue weighted by atomic mass is 10.1. The molecule has 0 heterocycles. The highest BCUT2D eigenvalue weighted by molar-refractivity contribution is 5.53. The Morgan fingerprint density at radius 3 is 2.43 bits per heavy atom. The summed E-state index contributed by atoms with van der Waals surface area (Å²) in [6, 6.07) is 10.1. The molecule has 2 rings (SSSR count). The lowest BCUT2D eigenvalue weighted by Gasteiger charge is -2.14. The van der Waals surface area contributed by atoms with E-state index in [-0.39, 0.29) is 0 Å². The first-order valence-corrected chi connectivity index (χ1v) is 4.84. The average molecular weight is 186 g/mol. The van der Waals surface area contributed by atoms with Gasteiger partial charge >= 0.3 is 0 Å². The van der Waals surface area contributed by atoms with Gasteiger partial charge in [0.2, 0.25) is 0 Å². The molecule has 0 saturated heterocycles. The maximum absolute atomic E-state index is 5.86. The van der Waals surface area contributed by atoms with Gasteiger partial charge in [-0.1, -0.05) is 30.4 Å². The van der Waals surface area contributed by atoms with Crippen LogP contribution in [0, 0.1) is 0 Å². The molecule has 0 unspecified atom stereocenters. The van der Waals surface area contributed by atoms with Gasteiger partial charge in [0.15, 0.2) is 0 Å². The molecule has 1 aromatic carbocycles. The van der Waals surface area contributed by atoms with Gasteiger partial charge in [-0.05, 0) is 25.0 Å². The van der Waals surface area contributed by atoms with Crippen LogP contribution >= 0.6 is 0 Å². The van der Waals surface area contributed by atoms with E-state index in [2.05, 4.69) is 17.5 Å². The van der Waals surface area contributed by atoms with Crippen molar-refractivity contribution in [2.45, 2.75) is 12.8 Å². The van der Waals surface area contributed by atoms with Gasteiger partial charge < -0.3 is 11.1 Å². The number of nitrogens with one attached hydrogen (secondary N) is 1. The Hall–Kier alpha value is -1.70. The van der Waals surface area contributed by atoms with Gasteiger partial charge in [-0.15, -0.1) is 0 Å². The summed E-state index contributed by atoms with van der Waals surface area (Å²) in [6.07, 6.45) is 6.31. The molecule has 0 bridgehead atoms. The van der Waals surface area contributed by atoms with Crippen molar-refractivity contribution in [3.8, 4) is 0 Å². The molecule has 1 aromatic rings. The number of hydrogen-bond donors (Lipinski definition) is 2. The number of rotatable bonds is 2. The van der Waals surface area contributed by atoms with Crippen LogP contribution in [0.4, 0.5) is 5.69 Å². The molecule has 72 valence electrons. The molecule has 2 nitrogen and oxygen atoms in total. The third kappa shape index (κ3) is 1.96. The molecule has 0 spiro atoms. The Labute approximate surface area is 84.1 Å². The Morgan fingerprint density at radius 2 is 1.71 bits per heavy atom. The van der Waals surface area contributed by atoms with Crippen molar-refractivity contribution in [3.63, 3.8) is 0 Å². The molecule has 0 radical (unpaired) electrons. The van der Waals surface area contributed by atoms with E-state index in [1.54, 1.807) is 0 Å².